The van der Waals surface area contributed by atoms with Crippen molar-refractivity contribution in [2.75, 3.05) is 13.1 Å². The monoisotopic (exact) mass is 386 g/mol. The number of hydrogen-bond donors (Lipinski definition) is 1. The van der Waals surface area contributed by atoms with Crippen LogP contribution >= 0.6 is 0 Å². The van der Waals surface area contributed by atoms with Crippen molar-refractivity contribution in [2.45, 2.75) is 23.5 Å². The first kappa shape index (κ1) is 19.1. The fourth-order valence-electron chi connectivity index (χ4n) is 3.25. The van der Waals surface area contributed by atoms with Gasteiger partial charge in [0.25, 0.3) is 5.91 Å². The standard InChI is InChI=1S/C20H22N2O4S/c21-19(23)16-9-11-22(12-10-16)20(24)17-7-4-8-18(13-17)27(25,26)14-15-5-2-1-3-6-15/h1-8,13,16H,9-12,14H2,(H2,21,23). The van der Waals surface area contributed by atoms with E-state index in [2.05, 4.69) is 0 Å². The van der Waals surface area contributed by atoms with E-state index in [-0.39, 0.29) is 28.4 Å². The van der Waals surface area contributed by atoms with Crippen molar-refractivity contribution < 1.29 is 18.0 Å². The molecule has 6 nitrogen and oxygen atoms in total. The number of sulfone groups is 1. The van der Waals surface area contributed by atoms with Crippen LogP contribution in [0.5, 0.6) is 0 Å². The van der Waals surface area contributed by atoms with Crippen LogP contribution in [0, 0.1) is 5.92 Å². The highest BCUT2D eigenvalue weighted by molar-refractivity contribution is 7.90. The maximum Gasteiger partial charge on any atom is 0.253 e. The number of nitrogens with zero attached hydrogens (tertiary/aromatic N) is 1. The molecule has 142 valence electrons. The molecule has 1 heterocycles. The Kier molecular flexibility index (Phi) is 5.60. The number of benzene rings is 2. The van der Waals surface area contributed by atoms with E-state index in [1.807, 2.05) is 6.07 Å². The normalized spacial score (nSPS) is 15.5. The fraction of sp³-hybridized carbons (Fsp3) is 0.300. The predicted molar refractivity (Wildman–Crippen MR) is 102 cm³/mol. The van der Waals surface area contributed by atoms with E-state index in [9.17, 15) is 18.0 Å². The number of piperidine rings is 1. The summed E-state index contributed by atoms with van der Waals surface area (Å²) in [4.78, 5) is 25.8. The number of rotatable bonds is 5. The van der Waals surface area contributed by atoms with Crippen molar-refractivity contribution in [1.29, 1.82) is 0 Å². The summed E-state index contributed by atoms with van der Waals surface area (Å²) in [6.45, 7) is 0.876. The third kappa shape index (κ3) is 4.54. The quantitative estimate of drug-likeness (QED) is 0.850. The van der Waals surface area contributed by atoms with Crippen LogP contribution in [0.15, 0.2) is 59.5 Å². The molecule has 2 amide bonds. The first-order chi connectivity index (χ1) is 12.9. The number of hydrogen-bond acceptors (Lipinski definition) is 4. The zero-order valence-corrected chi connectivity index (χ0v) is 15.7. The van der Waals surface area contributed by atoms with E-state index in [0.29, 0.717) is 37.1 Å². The Labute approximate surface area is 158 Å². The zero-order valence-electron chi connectivity index (χ0n) is 14.9. The highest BCUT2D eigenvalue weighted by Gasteiger charge is 2.27. The largest absolute Gasteiger partial charge is 0.369 e. The molecule has 2 aromatic carbocycles. The van der Waals surface area contributed by atoms with Gasteiger partial charge in [0, 0.05) is 24.6 Å². The summed E-state index contributed by atoms with van der Waals surface area (Å²) in [5.41, 5.74) is 6.35. The molecule has 1 saturated heterocycles. The molecule has 27 heavy (non-hydrogen) atoms. The second-order valence-corrected chi connectivity index (χ2v) is 8.73. The first-order valence-corrected chi connectivity index (χ1v) is 10.5. The van der Waals surface area contributed by atoms with Crippen molar-refractivity contribution in [3.05, 3.63) is 65.7 Å². The highest BCUT2D eigenvalue weighted by Crippen LogP contribution is 2.21. The van der Waals surface area contributed by atoms with Gasteiger partial charge >= 0.3 is 0 Å². The van der Waals surface area contributed by atoms with E-state index in [1.165, 1.54) is 12.1 Å². The van der Waals surface area contributed by atoms with E-state index < -0.39 is 9.84 Å². The van der Waals surface area contributed by atoms with Crippen LogP contribution in [-0.2, 0) is 20.4 Å². The third-order valence-corrected chi connectivity index (χ3v) is 6.51. The summed E-state index contributed by atoms with van der Waals surface area (Å²) in [5, 5.41) is 0. The second kappa shape index (κ2) is 7.92. The smallest absolute Gasteiger partial charge is 0.253 e. The van der Waals surface area contributed by atoms with Crippen LogP contribution in [0.3, 0.4) is 0 Å². The van der Waals surface area contributed by atoms with Gasteiger partial charge in [-0.05, 0) is 36.6 Å². The van der Waals surface area contributed by atoms with Gasteiger partial charge in [-0.25, -0.2) is 8.42 Å². The van der Waals surface area contributed by atoms with Gasteiger partial charge in [-0.15, -0.1) is 0 Å². The fourth-order valence-corrected chi connectivity index (χ4v) is 4.64. The average molecular weight is 386 g/mol. The van der Waals surface area contributed by atoms with Gasteiger partial charge in [0.15, 0.2) is 9.84 Å². The van der Waals surface area contributed by atoms with Crippen molar-refractivity contribution >= 4 is 21.7 Å². The topological polar surface area (TPSA) is 97.5 Å². The summed E-state index contributed by atoms with van der Waals surface area (Å²) in [6.07, 6.45) is 1.07. The molecule has 0 aliphatic carbocycles. The lowest BCUT2D eigenvalue weighted by atomic mass is 9.96. The van der Waals surface area contributed by atoms with Crippen molar-refractivity contribution in [2.24, 2.45) is 11.7 Å². The minimum Gasteiger partial charge on any atom is -0.369 e. The molecule has 0 atom stereocenters. The van der Waals surface area contributed by atoms with Crippen LogP contribution in [0.25, 0.3) is 0 Å². The Morgan fingerprint density at radius 1 is 1.00 bits per heavy atom. The van der Waals surface area contributed by atoms with Gasteiger partial charge in [0.1, 0.15) is 0 Å². The van der Waals surface area contributed by atoms with Gasteiger partial charge in [0.05, 0.1) is 10.6 Å². The lowest BCUT2D eigenvalue weighted by Gasteiger charge is -2.30. The van der Waals surface area contributed by atoms with Gasteiger partial charge < -0.3 is 10.6 Å². The minimum atomic E-state index is -3.55. The molecule has 0 saturated carbocycles. The molecule has 1 aliphatic heterocycles. The number of carbonyl (C=O) groups excluding carboxylic acids is 2. The third-order valence-electron chi connectivity index (χ3n) is 4.82. The van der Waals surface area contributed by atoms with Crippen LogP contribution in [0.2, 0.25) is 0 Å². The summed E-state index contributed by atoms with van der Waals surface area (Å²) in [6, 6.07) is 15.1. The highest BCUT2D eigenvalue weighted by atomic mass is 32.2. The Bertz CT molecular complexity index is 933. The number of primary amides is 1. The summed E-state index contributed by atoms with van der Waals surface area (Å²) in [5.74, 6) is -0.882. The van der Waals surface area contributed by atoms with Crippen LogP contribution in [-0.4, -0.2) is 38.2 Å². The summed E-state index contributed by atoms with van der Waals surface area (Å²) >= 11 is 0. The van der Waals surface area contributed by atoms with Gasteiger partial charge in [-0.3, -0.25) is 9.59 Å². The molecule has 0 spiro atoms. The lowest BCUT2D eigenvalue weighted by molar-refractivity contribution is -0.123. The molecule has 7 heteroatoms. The number of amides is 2. The molecule has 0 aromatic heterocycles. The molecule has 0 radical (unpaired) electrons. The molecule has 1 fully saturated rings. The molecule has 0 bridgehead atoms. The molecule has 3 rings (SSSR count). The van der Waals surface area contributed by atoms with Gasteiger partial charge in [-0.1, -0.05) is 36.4 Å². The average Bonchev–Trinajstić information content (AvgIpc) is 2.68. The van der Waals surface area contributed by atoms with Crippen molar-refractivity contribution in [3.8, 4) is 0 Å². The zero-order chi connectivity index (χ0) is 19.4. The summed E-state index contributed by atoms with van der Waals surface area (Å²) < 4.78 is 25.4. The second-order valence-electron chi connectivity index (χ2n) is 6.74. The van der Waals surface area contributed by atoms with Gasteiger partial charge in [-0.2, -0.15) is 0 Å². The van der Waals surface area contributed by atoms with E-state index in [4.69, 9.17) is 5.73 Å². The summed E-state index contributed by atoms with van der Waals surface area (Å²) in [7, 11) is -3.55. The Morgan fingerprint density at radius 2 is 1.67 bits per heavy atom. The van der Waals surface area contributed by atoms with Crippen LogP contribution in [0.1, 0.15) is 28.8 Å². The lowest BCUT2D eigenvalue weighted by Crippen LogP contribution is -2.41. The van der Waals surface area contributed by atoms with Crippen LogP contribution in [0.4, 0.5) is 0 Å². The maximum atomic E-state index is 12.7. The Balaban J connectivity index is 1.75. The molecule has 2 aromatic rings. The van der Waals surface area contributed by atoms with E-state index in [1.54, 1.807) is 41.3 Å². The number of carbonyl (C=O) groups is 2. The number of likely N-dealkylation sites (tertiary alicyclic amines) is 1. The molecular weight excluding hydrogens is 364 g/mol. The van der Waals surface area contributed by atoms with E-state index in [0.717, 1.165) is 0 Å². The van der Waals surface area contributed by atoms with Gasteiger partial charge in [0.2, 0.25) is 5.91 Å². The SMILES string of the molecule is NC(=O)C1CCN(C(=O)c2cccc(S(=O)(=O)Cc3ccccc3)c2)CC1. The Hall–Kier alpha value is -2.67. The predicted octanol–water partition coefficient (Wildman–Crippen LogP) is 2.00. The molecular formula is C20H22N2O4S. The van der Waals surface area contributed by atoms with E-state index >= 15 is 0 Å². The maximum absolute atomic E-state index is 12.7. The number of nitrogens with two attached hydrogens (primary N) is 1. The first-order valence-electron chi connectivity index (χ1n) is 8.82. The molecule has 2 N–H and O–H groups in total. The molecule has 0 unspecified atom stereocenters. The molecule has 1 aliphatic rings. The minimum absolute atomic E-state index is 0.116. The van der Waals surface area contributed by atoms with Crippen molar-refractivity contribution in [3.63, 3.8) is 0 Å². The van der Waals surface area contributed by atoms with Crippen LogP contribution < -0.4 is 5.73 Å². The van der Waals surface area contributed by atoms with Crippen molar-refractivity contribution in [1.82, 2.24) is 4.90 Å². The Morgan fingerprint density at radius 3 is 2.30 bits per heavy atom.